The van der Waals surface area contributed by atoms with Gasteiger partial charge in [-0.2, -0.15) is 0 Å². The Morgan fingerprint density at radius 3 is 2.33 bits per heavy atom. The normalized spacial score (nSPS) is 12.0. The molecule has 0 spiro atoms. The molecule has 0 bridgehead atoms. The first kappa shape index (κ1) is 25.1. The quantitative estimate of drug-likeness (QED) is 0.145. The standard InChI is InChI=1S/C29H32FN5O/c1-20(2)35-26-13-7-6-11-24(26)33-28(35)25(12-8-18-32-27(31)19-30)34-29(36)23-16-14-22(15-17-23)21-9-4-3-5-10-21/h3-7,9-11,13-17,20,25H,8,12,18-19H2,1-2H3,(H2,31,32)(H,34,36)/t25-/m0/s1. The molecule has 6 nitrogen and oxygen atoms in total. The monoisotopic (exact) mass is 485 g/mol. The Balaban J connectivity index is 1.58. The molecule has 0 saturated carbocycles. The fourth-order valence-electron chi connectivity index (χ4n) is 4.40. The Morgan fingerprint density at radius 2 is 1.64 bits per heavy atom. The molecular weight excluding hydrogens is 453 g/mol. The first-order chi connectivity index (χ1) is 17.5. The van der Waals surface area contributed by atoms with Gasteiger partial charge in [0, 0.05) is 18.2 Å². The summed E-state index contributed by atoms with van der Waals surface area (Å²) in [6.45, 7) is 3.83. The average Bonchev–Trinajstić information content (AvgIpc) is 3.30. The van der Waals surface area contributed by atoms with Crippen molar-refractivity contribution in [3.63, 3.8) is 0 Å². The number of aromatic nitrogens is 2. The lowest BCUT2D eigenvalue weighted by Gasteiger charge is -2.22. The molecule has 0 radical (unpaired) electrons. The zero-order valence-corrected chi connectivity index (χ0v) is 20.7. The van der Waals surface area contributed by atoms with E-state index in [-0.39, 0.29) is 23.8 Å². The van der Waals surface area contributed by atoms with Gasteiger partial charge >= 0.3 is 0 Å². The van der Waals surface area contributed by atoms with Crippen LogP contribution in [0.15, 0.2) is 78.9 Å². The van der Waals surface area contributed by atoms with E-state index in [0.29, 0.717) is 24.9 Å². The fraction of sp³-hybridized carbons (Fsp3) is 0.276. The molecular formula is C29H32FN5O. The van der Waals surface area contributed by atoms with E-state index < -0.39 is 6.67 Å². The van der Waals surface area contributed by atoms with Gasteiger partial charge < -0.3 is 15.2 Å². The van der Waals surface area contributed by atoms with Crippen LogP contribution in [0.2, 0.25) is 0 Å². The molecule has 3 aromatic carbocycles. The molecule has 0 aliphatic rings. The van der Waals surface area contributed by atoms with Gasteiger partial charge in [0.2, 0.25) is 0 Å². The van der Waals surface area contributed by atoms with E-state index in [2.05, 4.69) is 29.0 Å². The number of nitrogens with one attached hydrogen (secondary N) is 3. The highest BCUT2D eigenvalue weighted by atomic mass is 19.1. The van der Waals surface area contributed by atoms with Crippen LogP contribution in [0, 0.1) is 5.41 Å². The maximum atomic E-state index is 13.3. The molecule has 186 valence electrons. The number of alkyl halides is 1. The van der Waals surface area contributed by atoms with Gasteiger partial charge in [0.25, 0.3) is 5.91 Å². The maximum absolute atomic E-state index is 13.3. The number of benzene rings is 3. The van der Waals surface area contributed by atoms with E-state index >= 15 is 0 Å². The topological polar surface area (TPSA) is 82.8 Å². The van der Waals surface area contributed by atoms with Crippen molar-refractivity contribution < 1.29 is 9.18 Å². The first-order valence-electron chi connectivity index (χ1n) is 12.3. The van der Waals surface area contributed by atoms with Crippen LogP contribution in [0.25, 0.3) is 22.2 Å². The summed E-state index contributed by atoms with van der Waals surface area (Å²) in [5.41, 5.74) is 4.62. The van der Waals surface area contributed by atoms with Crippen LogP contribution in [0.1, 0.15) is 55.0 Å². The van der Waals surface area contributed by atoms with Gasteiger partial charge in [-0.15, -0.1) is 0 Å². The maximum Gasteiger partial charge on any atom is 0.251 e. The number of imidazole rings is 1. The van der Waals surface area contributed by atoms with Crippen molar-refractivity contribution in [2.45, 2.75) is 38.8 Å². The van der Waals surface area contributed by atoms with Crippen LogP contribution in [-0.2, 0) is 0 Å². The number of para-hydroxylation sites is 2. The molecule has 0 fully saturated rings. The number of rotatable bonds is 10. The molecule has 1 aromatic heterocycles. The highest BCUT2D eigenvalue weighted by Crippen LogP contribution is 2.28. The largest absolute Gasteiger partial charge is 0.372 e. The molecule has 0 unspecified atom stereocenters. The minimum atomic E-state index is -0.817. The average molecular weight is 486 g/mol. The number of amides is 1. The summed E-state index contributed by atoms with van der Waals surface area (Å²) in [6.07, 6.45) is 1.23. The number of hydrogen-bond acceptors (Lipinski definition) is 3. The summed E-state index contributed by atoms with van der Waals surface area (Å²) in [7, 11) is 0. The molecule has 4 aromatic rings. The van der Waals surface area contributed by atoms with Crippen LogP contribution in [0.5, 0.6) is 0 Å². The number of nitrogens with zero attached hydrogens (tertiary/aromatic N) is 2. The summed E-state index contributed by atoms with van der Waals surface area (Å²) in [5.74, 6) is 0.482. The summed E-state index contributed by atoms with van der Waals surface area (Å²) in [6, 6.07) is 25.4. The number of carbonyl (C=O) groups excluding carboxylic acids is 1. The summed E-state index contributed by atoms with van der Waals surface area (Å²) < 4.78 is 14.8. The molecule has 4 rings (SSSR count). The smallest absolute Gasteiger partial charge is 0.251 e. The molecule has 36 heavy (non-hydrogen) atoms. The zero-order chi connectivity index (χ0) is 25.5. The molecule has 1 amide bonds. The van der Waals surface area contributed by atoms with Crippen LogP contribution >= 0.6 is 0 Å². The molecule has 0 aliphatic heterocycles. The van der Waals surface area contributed by atoms with Crippen molar-refractivity contribution in [3.8, 4) is 11.1 Å². The SMILES string of the molecule is CC(C)n1c([C@H](CCCNC(=N)CF)NC(=O)c2ccc(-c3ccccc3)cc2)nc2ccccc21. The number of hydrogen-bond donors (Lipinski definition) is 3. The minimum Gasteiger partial charge on any atom is -0.372 e. The first-order valence-corrected chi connectivity index (χ1v) is 12.3. The van der Waals surface area contributed by atoms with E-state index in [1.807, 2.05) is 78.9 Å². The van der Waals surface area contributed by atoms with Gasteiger partial charge in [0.1, 0.15) is 18.3 Å². The van der Waals surface area contributed by atoms with Crippen LogP contribution in [0.4, 0.5) is 4.39 Å². The molecule has 0 saturated heterocycles. The van der Waals surface area contributed by atoms with Gasteiger partial charge in [-0.3, -0.25) is 10.2 Å². The van der Waals surface area contributed by atoms with E-state index in [4.69, 9.17) is 10.4 Å². The van der Waals surface area contributed by atoms with Crippen molar-refractivity contribution in [2.75, 3.05) is 13.2 Å². The summed E-state index contributed by atoms with van der Waals surface area (Å²) in [5, 5.41) is 13.5. The van der Waals surface area contributed by atoms with Crippen molar-refractivity contribution in [3.05, 3.63) is 90.3 Å². The predicted octanol–water partition coefficient (Wildman–Crippen LogP) is 6.07. The van der Waals surface area contributed by atoms with Crippen LogP contribution in [0.3, 0.4) is 0 Å². The highest BCUT2D eigenvalue weighted by Gasteiger charge is 2.24. The second-order valence-corrected chi connectivity index (χ2v) is 9.07. The Morgan fingerprint density at radius 1 is 0.972 bits per heavy atom. The second-order valence-electron chi connectivity index (χ2n) is 9.07. The molecule has 1 heterocycles. The number of amidine groups is 1. The van der Waals surface area contributed by atoms with Crippen LogP contribution < -0.4 is 10.6 Å². The lowest BCUT2D eigenvalue weighted by molar-refractivity contribution is 0.0931. The third-order valence-corrected chi connectivity index (χ3v) is 6.15. The van der Waals surface area contributed by atoms with Crippen molar-refractivity contribution >= 4 is 22.8 Å². The van der Waals surface area contributed by atoms with Crippen molar-refractivity contribution in [1.29, 1.82) is 5.41 Å². The van der Waals surface area contributed by atoms with Crippen molar-refractivity contribution in [2.24, 2.45) is 0 Å². The summed E-state index contributed by atoms with van der Waals surface area (Å²) >= 11 is 0. The Kier molecular flexibility index (Phi) is 8.10. The molecule has 3 N–H and O–H groups in total. The van der Waals surface area contributed by atoms with E-state index in [1.54, 1.807) is 0 Å². The van der Waals surface area contributed by atoms with E-state index in [1.165, 1.54) is 0 Å². The molecule has 7 heteroatoms. The molecule has 0 aliphatic carbocycles. The third-order valence-electron chi connectivity index (χ3n) is 6.15. The van der Waals surface area contributed by atoms with Gasteiger partial charge in [-0.05, 0) is 62.1 Å². The minimum absolute atomic E-state index is 0.136. The van der Waals surface area contributed by atoms with Gasteiger partial charge in [-0.1, -0.05) is 54.6 Å². The predicted molar refractivity (Wildman–Crippen MR) is 143 cm³/mol. The van der Waals surface area contributed by atoms with Gasteiger partial charge in [0.15, 0.2) is 0 Å². The Hall–Kier alpha value is -4.00. The zero-order valence-electron chi connectivity index (χ0n) is 20.7. The van der Waals surface area contributed by atoms with Crippen molar-refractivity contribution in [1.82, 2.24) is 20.2 Å². The Labute approximate surface area is 211 Å². The van der Waals surface area contributed by atoms with Crippen LogP contribution in [-0.4, -0.2) is 34.5 Å². The van der Waals surface area contributed by atoms with Gasteiger partial charge in [0.05, 0.1) is 17.1 Å². The fourth-order valence-corrected chi connectivity index (χ4v) is 4.40. The highest BCUT2D eigenvalue weighted by molar-refractivity contribution is 5.95. The third kappa shape index (κ3) is 5.79. The summed E-state index contributed by atoms with van der Waals surface area (Å²) in [4.78, 5) is 18.2. The number of fused-ring (bicyclic) bond motifs is 1. The second kappa shape index (κ2) is 11.6. The van der Waals surface area contributed by atoms with Gasteiger partial charge in [-0.25, -0.2) is 9.37 Å². The number of halogens is 1. The number of carbonyl (C=O) groups is 1. The van der Waals surface area contributed by atoms with E-state index in [9.17, 15) is 9.18 Å². The Bertz CT molecular complexity index is 1310. The lowest BCUT2D eigenvalue weighted by Crippen LogP contribution is -2.32. The van der Waals surface area contributed by atoms with E-state index in [0.717, 1.165) is 28.0 Å². The lowest BCUT2D eigenvalue weighted by atomic mass is 10.0. The molecule has 1 atom stereocenters.